The molecule has 4 heteroatoms. The number of hydrogen-bond acceptors (Lipinski definition) is 2. The van der Waals surface area contributed by atoms with Gasteiger partial charge in [0.2, 0.25) is 0 Å². The first-order valence-corrected chi connectivity index (χ1v) is 9.60. The van der Waals surface area contributed by atoms with Crippen LogP contribution in [0.4, 0.5) is 11.4 Å². The summed E-state index contributed by atoms with van der Waals surface area (Å²) in [5, 5.41) is 8.82. The summed E-state index contributed by atoms with van der Waals surface area (Å²) in [4.78, 5) is 0. The number of nitrogens with zero attached hydrogens (tertiary/aromatic N) is 2. The summed E-state index contributed by atoms with van der Waals surface area (Å²) in [6.07, 6.45) is 0. The average Bonchev–Trinajstić information content (AvgIpc) is 2.55. The van der Waals surface area contributed by atoms with Crippen molar-refractivity contribution < 1.29 is 0 Å². The number of rotatable bonds is 4. The van der Waals surface area contributed by atoms with E-state index < -0.39 is 0 Å². The van der Waals surface area contributed by atoms with Crippen LogP contribution in [0.1, 0.15) is 0 Å². The van der Waals surface area contributed by atoms with Crippen LogP contribution >= 0.6 is 22.6 Å². The molecule has 0 bridgehead atoms. The van der Waals surface area contributed by atoms with E-state index in [0.717, 1.165) is 14.9 Å². The molecule has 0 aliphatic carbocycles. The van der Waals surface area contributed by atoms with Crippen LogP contribution in [0.15, 0.2) is 89.1 Å². The molecule has 0 saturated carbocycles. The van der Waals surface area contributed by atoms with E-state index in [1.54, 1.807) is 0 Å². The van der Waals surface area contributed by atoms with Crippen molar-refractivity contribution in [2.75, 3.05) is 0 Å². The summed E-state index contributed by atoms with van der Waals surface area (Å²) in [5.74, 6) is 0. The van der Waals surface area contributed by atoms with Crippen molar-refractivity contribution in [1.82, 2.24) is 0 Å². The minimum absolute atomic E-state index is 0.238. The van der Waals surface area contributed by atoms with Crippen molar-refractivity contribution in [3.63, 3.8) is 0 Å². The van der Waals surface area contributed by atoms with Gasteiger partial charge in [-0.1, -0.05) is 0 Å². The van der Waals surface area contributed by atoms with E-state index in [0.29, 0.717) is 0 Å². The molecule has 0 heterocycles. The Morgan fingerprint density at radius 3 is 2.32 bits per heavy atom. The van der Waals surface area contributed by atoms with Crippen LogP contribution < -0.4 is 8.92 Å². The fourth-order valence-electron chi connectivity index (χ4n) is 1.89. The summed E-state index contributed by atoms with van der Waals surface area (Å²) in [6, 6.07) is 26.8. The Bertz CT molecular complexity index is 788. The summed E-state index contributed by atoms with van der Waals surface area (Å²) >= 11 is 2.52. The van der Waals surface area contributed by atoms with E-state index in [9.17, 15) is 0 Å². The Hall–Kier alpha value is -1.49. The van der Waals surface area contributed by atoms with Gasteiger partial charge in [-0.25, -0.2) is 0 Å². The van der Waals surface area contributed by atoms with Crippen LogP contribution in [0.5, 0.6) is 0 Å². The number of benzene rings is 3. The average molecular weight is 463 g/mol. The third kappa shape index (κ3) is 4.26. The molecule has 0 fully saturated rings. The molecule has 2 nitrogen and oxygen atoms in total. The van der Waals surface area contributed by atoms with E-state index in [-0.39, 0.29) is 15.0 Å². The molecule has 0 aliphatic rings. The van der Waals surface area contributed by atoms with Gasteiger partial charge in [0.15, 0.2) is 0 Å². The van der Waals surface area contributed by atoms with Crippen molar-refractivity contribution in [3.05, 3.63) is 82.4 Å². The van der Waals surface area contributed by atoms with Gasteiger partial charge in [0.1, 0.15) is 0 Å². The van der Waals surface area contributed by atoms with Crippen molar-refractivity contribution in [1.29, 1.82) is 0 Å². The quantitative estimate of drug-likeness (QED) is 0.312. The molecular weight excluding hydrogens is 450 g/mol. The third-order valence-electron chi connectivity index (χ3n) is 2.92. The SMILES string of the molecule is Ic1cccc(N=Nc2ccccc2[Se]c2ccccc2)c1. The van der Waals surface area contributed by atoms with Gasteiger partial charge < -0.3 is 0 Å². The normalized spacial score (nSPS) is 11.0. The molecule has 0 unspecified atom stereocenters. The van der Waals surface area contributed by atoms with Gasteiger partial charge in [0.05, 0.1) is 0 Å². The van der Waals surface area contributed by atoms with Crippen LogP contribution in [-0.2, 0) is 0 Å². The number of azo groups is 1. The zero-order valence-electron chi connectivity index (χ0n) is 11.7. The molecule has 0 atom stereocenters. The monoisotopic (exact) mass is 464 g/mol. The second kappa shape index (κ2) is 7.68. The molecule has 0 aromatic heterocycles. The van der Waals surface area contributed by atoms with Crippen LogP contribution in [0, 0.1) is 3.57 Å². The Morgan fingerprint density at radius 2 is 1.50 bits per heavy atom. The Morgan fingerprint density at radius 1 is 0.727 bits per heavy atom. The molecule has 108 valence electrons. The second-order valence-corrected chi connectivity index (χ2v) is 8.15. The van der Waals surface area contributed by atoms with Gasteiger partial charge in [-0.2, -0.15) is 0 Å². The molecule has 3 rings (SSSR count). The van der Waals surface area contributed by atoms with Gasteiger partial charge in [-0.05, 0) is 0 Å². The maximum absolute atomic E-state index is 4.45. The zero-order valence-corrected chi connectivity index (χ0v) is 15.6. The molecule has 0 spiro atoms. The van der Waals surface area contributed by atoms with Crippen LogP contribution in [0.2, 0.25) is 0 Å². The van der Waals surface area contributed by atoms with Gasteiger partial charge >= 0.3 is 151 Å². The summed E-state index contributed by atoms with van der Waals surface area (Å²) < 4.78 is 3.75. The first-order valence-electron chi connectivity index (χ1n) is 6.80. The van der Waals surface area contributed by atoms with Gasteiger partial charge in [-0.3, -0.25) is 0 Å². The Kier molecular flexibility index (Phi) is 5.38. The van der Waals surface area contributed by atoms with Crippen molar-refractivity contribution in [3.8, 4) is 0 Å². The van der Waals surface area contributed by atoms with Crippen molar-refractivity contribution >= 4 is 57.8 Å². The van der Waals surface area contributed by atoms with Crippen molar-refractivity contribution in [2.45, 2.75) is 0 Å². The summed E-state index contributed by atoms with van der Waals surface area (Å²) in [6.45, 7) is 0. The van der Waals surface area contributed by atoms with E-state index >= 15 is 0 Å². The second-order valence-electron chi connectivity index (χ2n) is 4.56. The van der Waals surface area contributed by atoms with Gasteiger partial charge in [0, 0.05) is 0 Å². The molecular formula is C18H13IN2Se. The standard InChI is InChI=1S/C18H13IN2Se/c19-14-7-6-8-15(13-14)20-21-17-11-4-5-12-18(17)22-16-9-2-1-3-10-16/h1-13H. The molecule has 0 amide bonds. The zero-order chi connectivity index (χ0) is 15.2. The molecule has 3 aromatic carbocycles. The van der Waals surface area contributed by atoms with Crippen LogP contribution in [-0.4, -0.2) is 15.0 Å². The van der Waals surface area contributed by atoms with E-state index in [1.807, 2.05) is 42.5 Å². The predicted octanol–water partition coefficient (Wildman–Crippen LogP) is 4.36. The van der Waals surface area contributed by atoms with Crippen LogP contribution in [0.3, 0.4) is 0 Å². The summed E-state index contributed by atoms with van der Waals surface area (Å²) in [5.41, 5.74) is 1.83. The van der Waals surface area contributed by atoms with Gasteiger partial charge in [0.25, 0.3) is 0 Å². The minimum atomic E-state index is 0.238. The topological polar surface area (TPSA) is 24.7 Å². The number of halogens is 1. The molecule has 3 aromatic rings. The molecule has 0 aliphatic heterocycles. The molecule has 0 radical (unpaired) electrons. The molecule has 0 saturated heterocycles. The van der Waals surface area contributed by atoms with Crippen molar-refractivity contribution in [2.24, 2.45) is 10.2 Å². The maximum atomic E-state index is 4.45. The molecule has 0 N–H and O–H groups in total. The Balaban J connectivity index is 1.85. The van der Waals surface area contributed by atoms with Crippen LogP contribution in [0.25, 0.3) is 0 Å². The fraction of sp³-hybridized carbons (Fsp3) is 0. The van der Waals surface area contributed by atoms with Gasteiger partial charge in [-0.15, -0.1) is 0 Å². The molecule has 22 heavy (non-hydrogen) atoms. The third-order valence-corrected chi connectivity index (χ3v) is 5.84. The first-order chi connectivity index (χ1) is 10.8. The van der Waals surface area contributed by atoms with E-state index in [4.69, 9.17) is 0 Å². The summed E-state index contributed by atoms with van der Waals surface area (Å²) in [7, 11) is 0. The first kappa shape index (κ1) is 15.4. The Labute approximate surface area is 150 Å². The predicted molar refractivity (Wildman–Crippen MR) is 101 cm³/mol. The van der Waals surface area contributed by atoms with E-state index in [2.05, 4.69) is 69.2 Å². The fourth-order valence-corrected chi connectivity index (χ4v) is 4.32. The van der Waals surface area contributed by atoms with E-state index in [1.165, 1.54) is 8.92 Å². The number of hydrogen-bond donors (Lipinski definition) is 0.